The maximum absolute atomic E-state index is 5.55. The molecule has 0 spiro atoms. The van der Waals surface area contributed by atoms with Crippen LogP contribution in [0.2, 0.25) is 0 Å². The molecule has 136 valence electrons. The van der Waals surface area contributed by atoms with E-state index in [2.05, 4.69) is 35.6 Å². The predicted octanol–water partition coefficient (Wildman–Crippen LogP) is 1.81. The maximum atomic E-state index is 5.55. The molecule has 0 radical (unpaired) electrons. The summed E-state index contributed by atoms with van der Waals surface area (Å²) in [5, 5.41) is 15.9. The van der Waals surface area contributed by atoms with Gasteiger partial charge in [0, 0.05) is 35.4 Å². The normalized spacial score (nSPS) is 13.9. The van der Waals surface area contributed by atoms with Gasteiger partial charge in [0.1, 0.15) is 0 Å². The van der Waals surface area contributed by atoms with Gasteiger partial charge in [-0.3, -0.25) is 9.38 Å². The monoisotopic (exact) mass is 362 g/mol. The molecule has 1 N–H and O–H groups in total. The Balaban J connectivity index is 1.65. The summed E-state index contributed by atoms with van der Waals surface area (Å²) >= 11 is 0. The third kappa shape index (κ3) is 2.50. The second kappa shape index (κ2) is 5.92. The molecule has 27 heavy (non-hydrogen) atoms. The van der Waals surface area contributed by atoms with Gasteiger partial charge in [0.2, 0.25) is 11.6 Å². The van der Waals surface area contributed by atoms with Gasteiger partial charge in [-0.15, -0.1) is 10.2 Å². The SMILES string of the molecule is Cc1cc(C)n2c(-c3nc(-c4c(C)ncc5c4CCNC5)no3)nnc2n1. The van der Waals surface area contributed by atoms with E-state index in [9.17, 15) is 0 Å². The van der Waals surface area contributed by atoms with Gasteiger partial charge in [0.25, 0.3) is 11.7 Å². The number of hydrogen-bond donors (Lipinski definition) is 1. The Morgan fingerprint density at radius 3 is 2.93 bits per heavy atom. The molecule has 9 heteroatoms. The van der Waals surface area contributed by atoms with Crippen LogP contribution in [0.4, 0.5) is 0 Å². The van der Waals surface area contributed by atoms with Crippen LogP contribution >= 0.6 is 0 Å². The molecule has 0 amide bonds. The summed E-state index contributed by atoms with van der Waals surface area (Å²) in [7, 11) is 0. The number of nitrogens with zero attached hydrogens (tertiary/aromatic N) is 7. The van der Waals surface area contributed by atoms with Crippen molar-refractivity contribution < 1.29 is 4.52 Å². The van der Waals surface area contributed by atoms with Gasteiger partial charge in [0.15, 0.2) is 0 Å². The smallest absolute Gasteiger partial charge is 0.296 e. The van der Waals surface area contributed by atoms with Crippen molar-refractivity contribution in [3.05, 3.63) is 40.5 Å². The van der Waals surface area contributed by atoms with Crippen molar-refractivity contribution in [2.75, 3.05) is 6.54 Å². The van der Waals surface area contributed by atoms with Crippen molar-refractivity contribution in [3.63, 3.8) is 0 Å². The van der Waals surface area contributed by atoms with Crippen LogP contribution < -0.4 is 5.32 Å². The third-order valence-corrected chi connectivity index (χ3v) is 4.87. The summed E-state index contributed by atoms with van der Waals surface area (Å²) in [4.78, 5) is 13.5. The quantitative estimate of drug-likeness (QED) is 0.575. The van der Waals surface area contributed by atoms with Gasteiger partial charge >= 0.3 is 0 Å². The minimum absolute atomic E-state index is 0.317. The standard InChI is InChI=1S/C18H18N8O/c1-9-6-10(2)26-16(23-24-18(26)21-9)17-22-15(25-27-17)14-11(3)20-8-12-7-19-5-4-13(12)14/h6,8,19H,4-5,7H2,1-3H3. The Labute approximate surface area is 154 Å². The third-order valence-electron chi connectivity index (χ3n) is 4.87. The van der Waals surface area contributed by atoms with Crippen LogP contribution in [0.1, 0.15) is 28.2 Å². The molecule has 1 aliphatic rings. The Morgan fingerprint density at radius 1 is 1.15 bits per heavy atom. The van der Waals surface area contributed by atoms with Gasteiger partial charge in [-0.2, -0.15) is 4.98 Å². The number of aryl methyl sites for hydroxylation is 3. The van der Waals surface area contributed by atoms with Crippen LogP contribution in [-0.2, 0) is 13.0 Å². The molecule has 0 atom stereocenters. The Morgan fingerprint density at radius 2 is 2.04 bits per heavy atom. The Kier molecular flexibility index (Phi) is 3.51. The largest absolute Gasteiger partial charge is 0.330 e. The molecule has 0 saturated carbocycles. The van der Waals surface area contributed by atoms with E-state index < -0.39 is 0 Å². The fraction of sp³-hybridized carbons (Fsp3) is 0.333. The van der Waals surface area contributed by atoms with Crippen LogP contribution in [0.25, 0.3) is 28.9 Å². The fourth-order valence-corrected chi connectivity index (χ4v) is 3.65. The lowest BCUT2D eigenvalue weighted by molar-refractivity contribution is 0.428. The number of rotatable bonds is 2. The van der Waals surface area contributed by atoms with E-state index in [1.807, 2.05) is 37.4 Å². The van der Waals surface area contributed by atoms with Crippen LogP contribution in [0.5, 0.6) is 0 Å². The van der Waals surface area contributed by atoms with Crippen LogP contribution in [0.3, 0.4) is 0 Å². The van der Waals surface area contributed by atoms with E-state index in [0.29, 0.717) is 23.3 Å². The van der Waals surface area contributed by atoms with Crippen molar-refractivity contribution in [1.29, 1.82) is 0 Å². The van der Waals surface area contributed by atoms with Crippen molar-refractivity contribution in [1.82, 2.24) is 40.0 Å². The summed E-state index contributed by atoms with van der Waals surface area (Å²) < 4.78 is 7.37. The summed E-state index contributed by atoms with van der Waals surface area (Å²) in [5.74, 6) is 1.86. The zero-order valence-electron chi connectivity index (χ0n) is 15.3. The number of aromatic nitrogens is 7. The van der Waals surface area contributed by atoms with Crippen molar-refractivity contribution in [3.8, 4) is 23.1 Å². The molecule has 1 aliphatic heterocycles. The molecule has 5 heterocycles. The molecule has 4 aromatic rings. The summed E-state index contributed by atoms with van der Waals surface area (Å²) in [6.45, 7) is 7.60. The van der Waals surface area contributed by atoms with Crippen molar-refractivity contribution >= 4 is 5.78 Å². The lowest BCUT2D eigenvalue weighted by Gasteiger charge is -2.19. The summed E-state index contributed by atoms with van der Waals surface area (Å²) in [5.41, 5.74) is 6.09. The zero-order chi connectivity index (χ0) is 18.5. The molecule has 0 saturated heterocycles. The first-order valence-electron chi connectivity index (χ1n) is 8.83. The number of pyridine rings is 1. The molecule has 0 aromatic carbocycles. The van der Waals surface area contributed by atoms with Crippen molar-refractivity contribution in [2.45, 2.75) is 33.7 Å². The Bertz CT molecular complexity index is 1180. The van der Waals surface area contributed by atoms with E-state index in [0.717, 1.165) is 42.2 Å². The molecule has 4 aromatic heterocycles. The molecule has 5 rings (SSSR count). The Hall–Kier alpha value is -3.20. The van der Waals surface area contributed by atoms with E-state index >= 15 is 0 Å². The van der Waals surface area contributed by atoms with Crippen molar-refractivity contribution in [2.24, 2.45) is 0 Å². The number of nitrogens with one attached hydrogen (secondary N) is 1. The molecule has 9 nitrogen and oxygen atoms in total. The zero-order valence-corrected chi connectivity index (χ0v) is 15.3. The average molecular weight is 362 g/mol. The van der Waals surface area contributed by atoms with Crippen LogP contribution in [-0.4, -0.2) is 41.3 Å². The van der Waals surface area contributed by atoms with Gasteiger partial charge in [-0.05, 0) is 50.9 Å². The maximum Gasteiger partial charge on any atom is 0.296 e. The number of hydrogen-bond acceptors (Lipinski definition) is 8. The average Bonchev–Trinajstić information content (AvgIpc) is 3.28. The van der Waals surface area contributed by atoms with E-state index in [-0.39, 0.29) is 0 Å². The second-order valence-corrected chi connectivity index (χ2v) is 6.77. The molecular formula is C18H18N8O. The highest BCUT2D eigenvalue weighted by atomic mass is 16.5. The highest BCUT2D eigenvalue weighted by molar-refractivity contribution is 5.66. The lowest BCUT2D eigenvalue weighted by atomic mass is 9.95. The van der Waals surface area contributed by atoms with E-state index in [4.69, 9.17) is 4.52 Å². The molecule has 0 unspecified atom stereocenters. The van der Waals surface area contributed by atoms with E-state index in [1.165, 1.54) is 11.1 Å². The van der Waals surface area contributed by atoms with E-state index in [1.54, 1.807) is 0 Å². The first-order valence-corrected chi connectivity index (χ1v) is 8.83. The first kappa shape index (κ1) is 16.0. The second-order valence-electron chi connectivity index (χ2n) is 6.77. The van der Waals surface area contributed by atoms with Crippen LogP contribution in [0, 0.1) is 20.8 Å². The van der Waals surface area contributed by atoms with Gasteiger partial charge in [0.05, 0.1) is 0 Å². The molecular weight excluding hydrogens is 344 g/mol. The predicted molar refractivity (Wildman–Crippen MR) is 96.9 cm³/mol. The highest BCUT2D eigenvalue weighted by Crippen LogP contribution is 2.30. The molecule has 0 fully saturated rings. The minimum atomic E-state index is 0.317. The van der Waals surface area contributed by atoms with Gasteiger partial charge in [-0.1, -0.05) is 5.16 Å². The van der Waals surface area contributed by atoms with Crippen LogP contribution in [0.15, 0.2) is 16.8 Å². The van der Waals surface area contributed by atoms with Gasteiger partial charge in [-0.25, -0.2) is 4.98 Å². The number of fused-ring (bicyclic) bond motifs is 2. The summed E-state index contributed by atoms with van der Waals surface area (Å²) in [6.07, 6.45) is 2.83. The fourth-order valence-electron chi connectivity index (χ4n) is 3.65. The first-order chi connectivity index (χ1) is 13.1. The lowest BCUT2D eigenvalue weighted by Crippen LogP contribution is -2.24. The minimum Gasteiger partial charge on any atom is -0.330 e. The molecule has 0 bridgehead atoms. The molecule has 0 aliphatic carbocycles. The highest BCUT2D eigenvalue weighted by Gasteiger charge is 2.23. The van der Waals surface area contributed by atoms with Gasteiger partial charge < -0.3 is 9.84 Å². The topological polar surface area (TPSA) is 107 Å². The summed E-state index contributed by atoms with van der Waals surface area (Å²) in [6, 6.07) is 1.96.